The Kier molecular flexibility index (Phi) is 6.35. The summed E-state index contributed by atoms with van der Waals surface area (Å²) < 4.78 is 0. The van der Waals surface area contributed by atoms with Crippen LogP contribution >= 0.6 is 0 Å². The van der Waals surface area contributed by atoms with Crippen LogP contribution in [0.25, 0.3) is 0 Å². The summed E-state index contributed by atoms with van der Waals surface area (Å²) in [7, 11) is 2.20. The zero-order valence-corrected chi connectivity index (χ0v) is 9.77. The average Bonchev–Trinajstić information content (AvgIpc) is 2.18. The highest BCUT2D eigenvalue weighted by Gasteiger charge is 2.28. The van der Waals surface area contributed by atoms with Crippen LogP contribution in [0.4, 0.5) is 0 Å². The summed E-state index contributed by atoms with van der Waals surface area (Å²) in [4.78, 5) is 2.44. The Morgan fingerprint density at radius 2 is 1.69 bits per heavy atom. The molecule has 2 heteroatoms. The second-order valence-corrected chi connectivity index (χ2v) is 3.91. The zero-order chi connectivity index (χ0) is 10.3. The molecule has 0 aromatic heterocycles. The lowest BCUT2D eigenvalue weighted by molar-refractivity contribution is 0.114. The fourth-order valence-corrected chi connectivity index (χ4v) is 1.87. The van der Waals surface area contributed by atoms with Crippen LogP contribution < -0.4 is 5.73 Å². The fraction of sp³-hybridized carbons (Fsp3) is 1.00. The Hall–Kier alpha value is -0.0800. The van der Waals surface area contributed by atoms with Crippen LogP contribution in [0.2, 0.25) is 0 Å². The molecule has 2 nitrogen and oxygen atoms in total. The second kappa shape index (κ2) is 6.39. The molecule has 0 radical (unpaired) electrons. The number of likely N-dealkylation sites (N-methyl/N-ethyl adjacent to an activating group) is 1. The van der Waals surface area contributed by atoms with Gasteiger partial charge in [0.2, 0.25) is 0 Å². The maximum atomic E-state index is 5.86. The third-order valence-corrected chi connectivity index (χ3v) is 3.35. The van der Waals surface area contributed by atoms with Gasteiger partial charge in [-0.25, -0.2) is 0 Å². The molecule has 0 rings (SSSR count). The monoisotopic (exact) mass is 186 g/mol. The van der Waals surface area contributed by atoms with Gasteiger partial charge in [-0.05, 0) is 32.9 Å². The minimum atomic E-state index is 0.245. The molecule has 0 aliphatic heterocycles. The number of nitrogens with zero attached hydrogens (tertiary/aromatic N) is 1. The first-order valence-electron chi connectivity index (χ1n) is 5.58. The molecule has 0 heterocycles. The first kappa shape index (κ1) is 12.9. The molecule has 0 aromatic rings. The lowest BCUT2D eigenvalue weighted by atomic mass is 9.91. The van der Waals surface area contributed by atoms with Crippen molar-refractivity contribution in [2.45, 2.75) is 52.0 Å². The minimum absolute atomic E-state index is 0.245. The van der Waals surface area contributed by atoms with Gasteiger partial charge in [0.1, 0.15) is 0 Å². The summed E-state index contributed by atoms with van der Waals surface area (Å²) in [5.41, 5.74) is 6.10. The molecular weight excluding hydrogens is 160 g/mol. The topological polar surface area (TPSA) is 29.3 Å². The largest absolute Gasteiger partial charge is 0.329 e. The van der Waals surface area contributed by atoms with E-state index in [9.17, 15) is 0 Å². The van der Waals surface area contributed by atoms with Crippen LogP contribution in [-0.4, -0.2) is 30.6 Å². The molecule has 0 saturated heterocycles. The lowest BCUT2D eigenvalue weighted by Gasteiger charge is -2.40. The smallest absolute Gasteiger partial charge is 0.0323 e. The van der Waals surface area contributed by atoms with E-state index in [1.54, 1.807) is 0 Å². The molecule has 0 atom stereocenters. The zero-order valence-electron chi connectivity index (χ0n) is 9.77. The number of hydrogen-bond acceptors (Lipinski definition) is 2. The van der Waals surface area contributed by atoms with Crippen LogP contribution in [0, 0.1) is 0 Å². The van der Waals surface area contributed by atoms with E-state index >= 15 is 0 Å². The van der Waals surface area contributed by atoms with E-state index < -0.39 is 0 Å². The quantitative estimate of drug-likeness (QED) is 0.660. The van der Waals surface area contributed by atoms with Crippen molar-refractivity contribution in [1.82, 2.24) is 4.90 Å². The SMILES string of the molecule is CCCCN(C)C(CC)(CC)CN. The summed E-state index contributed by atoms with van der Waals surface area (Å²) in [5, 5.41) is 0. The maximum absolute atomic E-state index is 5.86. The number of unbranched alkanes of at least 4 members (excludes halogenated alkanes) is 1. The molecule has 0 saturated carbocycles. The van der Waals surface area contributed by atoms with Gasteiger partial charge in [0.05, 0.1) is 0 Å². The van der Waals surface area contributed by atoms with E-state index in [1.807, 2.05) is 0 Å². The maximum Gasteiger partial charge on any atom is 0.0323 e. The third-order valence-electron chi connectivity index (χ3n) is 3.35. The summed E-state index contributed by atoms with van der Waals surface area (Å²) in [6.07, 6.45) is 4.84. The molecule has 0 amide bonds. The highest BCUT2D eigenvalue weighted by molar-refractivity contribution is 4.87. The predicted molar refractivity (Wildman–Crippen MR) is 59.9 cm³/mol. The summed E-state index contributed by atoms with van der Waals surface area (Å²) in [6, 6.07) is 0. The van der Waals surface area contributed by atoms with Crippen molar-refractivity contribution < 1.29 is 0 Å². The normalized spacial score (nSPS) is 12.5. The highest BCUT2D eigenvalue weighted by atomic mass is 15.2. The van der Waals surface area contributed by atoms with Crippen molar-refractivity contribution in [3.8, 4) is 0 Å². The third kappa shape index (κ3) is 3.28. The van der Waals surface area contributed by atoms with Crippen molar-refractivity contribution in [2.75, 3.05) is 20.1 Å². The van der Waals surface area contributed by atoms with Gasteiger partial charge in [-0.15, -0.1) is 0 Å². The molecule has 0 unspecified atom stereocenters. The molecule has 0 fully saturated rings. The second-order valence-electron chi connectivity index (χ2n) is 3.91. The number of hydrogen-bond donors (Lipinski definition) is 1. The standard InChI is InChI=1S/C11H26N2/c1-5-8-9-13(4)11(6-2,7-3)10-12/h5-10,12H2,1-4H3. The summed E-state index contributed by atoms with van der Waals surface area (Å²) in [6.45, 7) is 8.66. The van der Waals surface area contributed by atoms with E-state index in [1.165, 1.54) is 19.4 Å². The molecule has 0 aromatic carbocycles. The van der Waals surface area contributed by atoms with Gasteiger partial charge in [0.15, 0.2) is 0 Å². The Morgan fingerprint density at radius 1 is 1.15 bits per heavy atom. The minimum Gasteiger partial charge on any atom is -0.329 e. The molecular formula is C11H26N2. The van der Waals surface area contributed by atoms with Crippen LogP contribution in [-0.2, 0) is 0 Å². The highest BCUT2D eigenvalue weighted by Crippen LogP contribution is 2.21. The molecule has 0 bridgehead atoms. The van der Waals surface area contributed by atoms with Crippen LogP contribution in [0.15, 0.2) is 0 Å². The Balaban J connectivity index is 4.17. The molecule has 0 aliphatic rings. The van der Waals surface area contributed by atoms with Crippen molar-refractivity contribution >= 4 is 0 Å². The number of rotatable bonds is 7. The Morgan fingerprint density at radius 3 is 2.00 bits per heavy atom. The van der Waals surface area contributed by atoms with Crippen molar-refractivity contribution in [2.24, 2.45) is 5.73 Å². The molecule has 2 N–H and O–H groups in total. The molecule has 13 heavy (non-hydrogen) atoms. The Labute approximate surface area is 83.5 Å². The summed E-state index contributed by atoms with van der Waals surface area (Å²) in [5.74, 6) is 0. The molecule has 0 aliphatic carbocycles. The van der Waals surface area contributed by atoms with Gasteiger partial charge in [-0.2, -0.15) is 0 Å². The van der Waals surface area contributed by atoms with E-state index in [-0.39, 0.29) is 5.54 Å². The molecule has 80 valence electrons. The molecule has 0 spiro atoms. The van der Waals surface area contributed by atoms with Crippen molar-refractivity contribution in [3.05, 3.63) is 0 Å². The van der Waals surface area contributed by atoms with E-state index in [0.29, 0.717) is 0 Å². The first-order valence-corrected chi connectivity index (χ1v) is 5.58. The Bertz CT molecular complexity index is 111. The van der Waals surface area contributed by atoms with E-state index in [4.69, 9.17) is 5.73 Å². The predicted octanol–water partition coefficient (Wildman–Crippen LogP) is 2.24. The van der Waals surface area contributed by atoms with Crippen molar-refractivity contribution in [3.63, 3.8) is 0 Å². The fourth-order valence-electron chi connectivity index (χ4n) is 1.87. The van der Waals surface area contributed by atoms with Gasteiger partial charge in [-0.1, -0.05) is 27.2 Å². The lowest BCUT2D eigenvalue weighted by Crippen LogP contribution is -2.51. The van der Waals surface area contributed by atoms with Crippen LogP contribution in [0.1, 0.15) is 46.5 Å². The van der Waals surface area contributed by atoms with Crippen molar-refractivity contribution in [1.29, 1.82) is 0 Å². The van der Waals surface area contributed by atoms with Gasteiger partial charge in [0.25, 0.3) is 0 Å². The first-order chi connectivity index (χ1) is 6.16. The van der Waals surface area contributed by atoms with Gasteiger partial charge in [-0.3, -0.25) is 4.90 Å². The number of nitrogens with two attached hydrogens (primary N) is 1. The van der Waals surface area contributed by atoms with Gasteiger partial charge >= 0.3 is 0 Å². The van der Waals surface area contributed by atoms with Crippen LogP contribution in [0.3, 0.4) is 0 Å². The van der Waals surface area contributed by atoms with Gasteiger partial charge in [0, 0.05) is 12.1 Å². The van der Waals surface area contributed by atoms with E-state index in [0.717, 1.165) is 19.4 Å². The average molecular weight is 186 g/mol. The van der Waals surface area contributed by atoms with Gasteiger partial charge < -0.3 is 5.73 Å². The van der Waals surface area contributed by atoms with E-state index in [2.05, 4.69) is 32.7 Å². The summed E-state index contributed by atoms with van der Waals surface area (Å²) >= 11 is 0. The van der Waals surface area contributed by atoms with Crippen LogP contribution in [0.5, 0.6) is 0 Å².